The summed E-state index contributed by atoms with van der Waals surface area (Å²) in [6.07, 6.45) is -12.5. The SMILES string of the molecule is N#Cc1ccc(C(=O)Nc2c(Cl)cc(C(OC(=O)c3ccccc3)(C(F)(F)F)C(F)(F)F)cc2Br)cc1[N+](=O)[O-]. The van der Waals surface area contributed by atoms with Crippen molar-refractivity contribution in [3.8, 4) is 6.07 Å². The number of carbonyl (C=O) groups excluding carboxylic acids is 2. The average molecular weight is 651 g/mol. The summed E-state index contributed by atoms with van der Waals surface area (Å²) in [6.45, 7) is 0. The zero-order valence-electron chi connectivity index (χ0n) is 19.2. The summed E-state index contributed by atoms with van der Waals surface area (Å²) in [5.74, 6) is -3.03. The number of carbonyl (C=O) groups is 2. The highest BCUT2D eigenvalue weighted by atomic mass is 79.9. The number of esters is 1. The van der Waals surface area contributed by atoms with Gasteiger partial charge >= 0.3 is 23.9 Å². The van der Waals surface area contributed by atoms with Gasteiger partial charge in [-0.2, -0.15) is 31.6 Å². The van der Waals surface area contributed by atoms with E-state index in [1.54, 1.807) is 6.07 Å². The molecule has 0 aromatic heterocycles. The minimum Gasteiger partial charge on any atom is -0.431 e. The number of anilines is 1. The van der Waals surface area contributed by atoms with Gasteiger partial charge in [-0.1, -0.05) is 29.8 Å². The summed E-state index contributed by atoms with van der Waals surface area (Å²) in [5.41, 5.74) is -9.38. The molecule has 0 bridgehead atoms. The standard InChI is InChI=1S/C24H11BrClF6N3O5/c25-16-9-15(22(23(27,28)29,24(30,31)32)40-21(37)12-4-2-1-3-5-12)10-17(26)19(16)34-20(36)13-6-7-14(11-33)18(8-13)35(38)39/h1-10H,(H,34,36). The fourth-order valence-corrected chi connectivity index (χ4v) is 4.37. The first kappa shape index (κ1) is 30.4. The Morgan fingerprint density at radius 3 is 2.08 bits per heavy atom. The van der Waals surface area contributed by atoms with E-state index in [0.29, 0.717) is 6.07 Å². The van der Waals surface area contributed by atoms with Crippen molar-refractivity contribution in [2.45, 2.75) is 18.0 Å². The fraction of sp³-hybridized carbons (Fsp3) is 0.125. The predicted octanol–water partition coefficient (Wildman–Crippen LogP) is 7.31. The molecule has 0 saturated carbocycles. The molecule has 40 heavy (non-hydrogen) atoms. The molecule has 0 radical (unpaired) electrons. The summed E-state index contributed by atoms with van der Waals surface area (Å²) < 4.78 is 88.7. The Balaban J connectivity index is 2.10. The molecule has 1 N–H and O–H groups in total. The first-order valence-electron chi connectivity index (χ1n) is 10.4. The van der Waals surface area contributed by atoms with E-state index in [4.69, 9.17) is 16.9 Å². The number of nitro benzene ring substituents is 1. The smallest absolute Gasteiger partial charge is 0.431 e. The van der Waals surface area contributed by atoms with Crippen molar-refractivity contribution in [1.82, 2.24) is 0 Å². The molecule has 0 spiro atoms. The summed E-state index contributed by atoms with van der Waals surface area (Å²) in [4.78, 5) is 35.3. The van der Waals surface area contributed by atoms with E-state index < -0.39 is 66.8 Å². The summed E-state index contributed by atoms with van der Waals surface area (Å²) >= 11 is 8.76. The van der Waals surface area contributed by atoms with E-state index in [9.17, 15) is 46.0 Å². The highest BCUT2D eigenvalue weighted by Crippen LogP contribution is 2.54. The van der Waals surface area contributed by atoms with Crippen molar-refractivity contribution in [3.05, 3.63) is 103 Å². The minimum atomic E-state index is -6.23. The number of nitrogens with one attached hydrogen (secondary N) is 1. The Bertz CT molecular complexity index is 1500. The van der Waals surface area contributed by atoms with Gasteiger partial charge in [0.15, 0.2) is 0 Å². The maximum Gasteiger partial charge on any atom is 0.442 e. The number of alkyl halides is 6. The molecule has 3 rings (SSSR count). The number of nitrogens with zero attached hydrogens (tertiary/aromatic N) is 2. The van der Waals surface area contributed by atoms with Gasteiger partial charge in [0, 0.05) is 21.7 Å². The summed E-state index contributed by atoms with van der Waals surface area (Å²) in [7, 11) is 0. The van der Waals surface area contributed by atoms with Crippen LogP contribution in [-0.4, -0.2) is 29.2 Å². The number of hydrogen-bond donors (Lipinski definition) is 1. The van der Waals surface area contributed by atoms with Gasteiger partial charge in [0.25, 0.3) is 11.6 Å². The monoisotopic (exact) mass is 649 g/mol. The molecule has 0 fully saturated rings. The normalized spacial score (nSPS) is 11.9. The molecule has 0 heterocycles. The number of nitro groups is 1. The van der Waals surface area contributed by atoms with Gasteiger partial charge < -0.3 is 10.1 Å². The van der Waals surface area contributed by atoms with Crippen molar-refractivity contribution in [1.29, 1.82) is 5.26 Å². The molecule has 0 saturated heterocycles. The van der Waals surface area contributed by atoms with E-state index in [1.807, 2.05) is 0 Å². The lowest BCUT2D eigenvalue weighted by atomic mass is 9.91. The van der Waals surface area contributed by atoms with Crippen molar-refractivity contribution in [2.75, 3.05) is 5.32 Å². The van der Waals surface area contributed by atoms with E-state index in [-0.39, 0.29) is 17.2 Å². The number of amides is 1. The average Bonchev–Trinajstić information content (AvgIpc) is 2.87. The van der Waals surface area contributed by atoms with Crippen LogP contribution in [0.3, 0.4) is 0 Å². The molecule has 0 aliphatic heterocycles. The molecule has 3 aromatic rings. The van der Waals surface area contributed by atoms with Crippen molar-refractivity contribution in [3.63, 3.8) is 0 Å². The highest BCUT2D eigenvalue weighted by Gasteiger charge is 2.75. The number of halogens is 8. The predicted molar refractivity (Wildman–Crippen MR) is 131 cm³/mol. The Kier molecular flexibility index (Phi) is 8.46. The highest BCUT2D eigenvalue weighted by molar-refractivity contribution is 9.10. The third-order valence-electron chi connectivity index (χ3n) is 5.32. The van der Waals surface area contributed by atoms with Crippen molar-refractivity contribution in [2.24, 2.45) is 0 Å². The van der Waals surface area contributed by atoms with Crippen LogP contribution in [0, 0.1) is 21.4 Å². The van der Waals surface area contributed by atoms with Gasteiger partial charge in [0.2, 0.25) is 0 Å². The van der Waals surface area contributed by atoms with Crippen LogP contribution < -0.4 is 5.32 Å². The molecule has 16 heteroatoms. The Morgan fingerprint density at radius 1 is 0.975 bits per heavy atom. The molecule has 0 aliphatic carbocycles. The van der Waals surface area contributed by atoms with E-state index >= 15 is 0 Å². The van der Waals surface area contributed by atoms with Gasteiger partial charge in [-0.05, 0) is 52.3 Å². The van der Waals surface area contributed by atoms with Gasteiger partial charge in [-0.3, -0.25) is 14.9 Å². The van der Waals surface area contributed by atoms with Crippen LogP contribution in [0.1, 0.15) is 31.8 Å². The van der Waals surface area contributed by atoms with Crippen LogP contribution in [0.25, 0.3) is 0 Å². The van der Waals surface area contributed by atoms with Gasteiger partial charge in [0.1, 0.15) is 11.6 Å². The third kappa shape index (κ3) is 5.73. The molecular weight excluding hydrogens is 640 g/mol. The molecule has 0 atom stereocenters. The second kappa shape index (κ2) is 11.1. The quantitative estimate of drug-likeness (QED) is 0.129. The molecule has 0 aliphatic rings. The number of rotatable bonds is 6. The number of hydrogen-bond acceptors (Lipinski definition) is 6. The lowest BCUT2D eigenvalue weighted by Gasteiger charge is -2.37. The van der Waals surface area contributed by atoms with E-state index in [1.165, 1.54) is 18.2 Å². The summed E-state index contributed by atoms with van der Waals surface area (Å²) in [5, 5.41) is 21.4. The number of nitriles is 1. The largest absolute Gasteiger partial charge is 0.442 e. The van der Waals surface area contributed by atoms with Crippen LogP contribution in [0.2, 0.25) is 5.02 Å². The Morgan fingerprint density at radius 2 is 1.57 bits per heavy atom. The zero-order valence-corrected chi connectivity index (χ0v) is 21.6. The molecule has 8 nitrogen and oxygen atoms in total. The van der Waals surface area contributed by atoms with Crippen LogP contribution in [0.4, 0.5) is 37.7 Å². The Hall–Kier alpha value is -4.16. The van der Waals surface area contributed by atoms with Gasteiger partial charge in [-0.25, -0.2) is 4.79 Å². The second-order valence-electron chi connectivity index (χ2n) is 7.80. The van der Waals surface area contributed by atoms with E-state index in [2.05, 4.69) is 26.0 Å². The Labute approximate surface area is 233 Å². The topological polar surface area (TPSA) is 122 Å². The van der Waals surface area contributed by atoms with Crippen LogP contribution in [0.15, 0.2) is 65.1 Å². The molecule has 1 amide bonds. The second-order valence-corrected chi connectivity index (χ2v) is 9.06. The molecule has 3 aromatic carbocycles. The number of ether oxygens (including phenoxy) is 1. The fourth-order valence-electron chi connectivity index (χ4n) is 3.43. The molecular formula is C24H11BrClF6N3O5. The van der Waals surface area contributed by atoms with Crippen molar-refractivity contribution < 1.29 is 45.6 Å². The third-order valence-corrected chi connectivity index (χ3v) is 6.24. The zero-order chi connectivity index (χ0) is 30.0. The maximum absolute atomic E-state index is 14.2. The van der Waals surface area contributed by atoms with Crippen LogP contribution in [0.5, 0.6) is 0 Å². The molecule has 0 unspecified atom stereocenters. The molecule has 208 valence electrons. The van der Waals surface area contributed by atoms with Gasteiger partial charge in [0.05, 0.1) is 21.2 Å². The van der Waals surface area contributed by atoms with Crippen LogP contribution in [-0.2, 0) is 10.3 Å². The first-order chi connectivity index (χ1) is 18.5. The summed E-state index contributed by atoms with van der Waals surface area (Å²) in [6, 6.07) is 10.5. The maximum atomic E-state index is 14.2. The van der Waals surface area contributed by atoms with Crippen LogP contribution >= 0.6 is 27.5 Å². The minimum absolute atomic E-state index is 0.211. The van der Waals surface area contributed by atoms with E-state index in [0.717, 1.165) is 30.3 Å². The lowest BCUT2D eigenvalue weighted by molar-refractivity contribution is -0.385. The lowest BCUT2D eigenvalue weighted by Crippen LogP contribution is -2.57. The van der Waals surface area contributed by atoms with Crippen molar-refractivity contribution >= 4 is 50.8 Å². The van der Waals surface area contributed by atoms with Gasteiger partial charge in [-0.15, -0.1) is 0 Å². The number of benzene rings is 3. The first-order valence-corrected chi connectivity index (χ1v) is 11.6.